The van der Waals surface area contributed by atoms with Crippen LogP contribution in [0.25, 0.3) is 0 Å². The third-order valence-electron chi connectivity index (χ3n) is 2.98. The van der Waals surface area contributed by atoms with Crippen molar-refractivity contribution in [1.82, 2.24) is 0 Å². The smallest absolute Gasteiger partial charge is 0.253 e. The van der Waals surface area contributed by atoms with Gasteiger partial charge in [0.2, 0.25) is 10.0 Å². The molecular formula is C13H18N2O5S. The van der Waals surface area contributed by atoms with Gasteiger partial charge in [-0.3, -0.25) is 9.52 Å². The highest BCUT2D eigenvalue weighted by molar-refractivity contribution is 7.92. The second-order valence-electron chi connectivity index (χ2n) is 4.78. The van der Waals surface area contributed by atoms with Crippen molar-refractivity contribution in [2.75, 3.05) is 30.0 Å². The average Bonchev–Trinajstić information content (AvgIpc) is 2.91. The highest BCUT2D eigenvalue weighted by Gasteiger charge is 2.23. The van der Waals surface area contributed by atoms with Gasteiger partial charge in [0, 0.05) is 12.3 Å². The van der Waals surface area contributed by atoms with Crippen LogP contribution in [0.15, 0.2) is 18.2 Å². The van der Waals surface area contributed by atoms with Gasteiger partial charge in [0.15, 0.2) is 0 Å². The van der Waals surface area contributed by atoms with E-state index >= 15 is 0 Å². The number of ether oxygens (including phenoxy) is 2. The average molecular weight is 314 g/mol. The van der Waals surface area contributed by atoms with Gasteiger partial charge in [-0.15, -0.1) is 0 Å². The minimum Gasteiger partial charge on any atom is -0.495 e. The first-order chi connectivity index (χ1) is 9.89. The lowest BCUT2D eigenvalue weighted by Crippen LogP contribution is -2.26. The molecule has 0 saturated carbocycles. The van der Waals surface area contributed by atoms with Crippen molar-refractivity contribution in [3.8, 4) is 5.75 Å². The van der Waals surface area contributed by atoms with Crippen molar-refractivity contribution >= 4 is 27.3 Å². The van der Waals surface area contributed by atoms with Gasteiger partial charge in [-0.25, -0.2) is 8.42 Å². The van der Waals surface area contributed by atoms with E-state index in [1.807, 2.05) is 0 Å². The van der Waals surface area contributed by atoms with Crippen molar-refractivity contribution < 1.29 is 22.7 Å². The quantitative estimate of drug-likeness (QED) is 0.851. The van der Waals surface area contributed by atoms with Crippen LogP contribution in [0, 0.1) is 0 Å². The van der Waals surface area contributed by atoms with E-state index in [1.165, 1.54) is 13.2 Å². The van der Waals surface area contributed by atoms with Crippen LogP contribution in [-0.2, 0) is 19.6 Å². The Morgan fingerprint density at radius 1 is 1.43 bits per heavy atom. The minimum atomic E-state index is -3.44. The number of anilines is 2. The third-order valence-corrected chi connectivity index (χ3v) is 3.58. The molecule has 1 amide bonds. The second-order valence-corrected chi connectivity index (χ2v) is 6.53. The topological polar surface area (TPSA) is 93.7 Å². The van der Waals surface area contributed by atoms with Crippen molar-refractivity contribution in [3.63, 3.8) is 0 Å². The first-order valence-corrected chi connectivity index (χ1v) is 8.36. The Balaban J connectivity index is 2.16. The van der Waals surface area contributed by atoms with Gasteiger partial charge >= 0.3 is 0 Å². The van der Waals surface area contributed by atoms with Gasteiger partial charge in [-0.05, 0) is 31.0 Å². The molecule has 21 heavy (non-hydrogen) atoms. The number of nitrogens with one attached hydrogen (secondary N) is 2. The van der Waals surface area contributed by atoms with Crippen LogP contribution in [0.1, 0.15) is 12.8 Å². The van der Waals surface area contributed by atoms with Crippen molar-refractivity contribution in [3.05, 3.63) is 18.2 Å². The number of carbonyl (C=O) groups is 1. The van der Waals surface area contributed by atoms with Crippen LogP contribution in [0.4, 0.5) is 11.4 Å². The first kappa shape index (κ1) is 15.6. The number of amides is 1. The second kappa shape index (κ2) is 6.31. The molecule has 0 bridgehead atoms. The molecule has 1 aliphatic heterocycles. The Hall–Kier alpha value is -1.80. The molecule has 1 heterocycles. The van der Waals surface area contributed by atoms with Gasteiger partial charge in [-0.2, -0.15) is 0 Å². The number of rotatable bonds is 5. The van der Waals surface area contributed by atoms with E-state index in [4.69, 9.17) is 9.47 Å². The fraction of sp³-hybridized carbons (Fsp3) is 0.462. The summed E-state index contributed by atoms with van der Waals surface area (Å²) >= 11 is 0. The van der Waals surface area contributed by atoms with Gasteiger partial charge < -0.3 is 14.8 Å². The number of hydrogen-bond donors (Lipinski definition) is 2. The maximum atomic E-state index is 12.0. The zero-order valence-corrected chi connectivity index (χ0v) is 12.7. The van der Waals surface area contributed by atoms with Crippen LogP contribution in [0.2, 0.25) is 0 Å². The molecule has 2 N–H and O–H groups in total. The Bertz CT molecular complexity index is 623. The highest BCUT2D eigenvalue weighted by Crippen LogP contribution is 2.29. The minimum absolute atomic E-state index is 0.233. The lowest BCUT2D eigenvalue weighted by atomic mass is 10.2. The van der Waals surface area contributed by atoms with Crippen LogP contribution in [0.5, 0.6) is 5.75 Å². The summed E-state index contributed by atoms with van der Waals surface area (Å²) < 4.78 is 35.4. The molecule has 1 fully saturated rings. The fourth-order valence-corrected chi connectivity index (χ4v) is 2.63. The SMILES string of the molecule is COc1ccc(NC(=O)[C@H]2CCCO2)cc1NS(C)(=O)=O. The zero-order valence-electron chi connectivity index (χ0n) is 11.9. The van der Waals surface area contributed by atoms with E-state index < -0.39 is 16.1 Å². The molecule has 0 aliphatic carbocycles. The summed E-state index contributed by atoms with van der Waals surface area (Å²) in [7, 11) is -2.00. The molecule has 1 aromatic rings. The summed E-state index contributed by atoms with van der Waals surface area (Å²) in [6.07, 6.45) is 2.15. The predicted molar refractivity (Wildman–Crippen MR) is 79.1 cm³/mol. The van der Waals surface area contributed by atoms with Crippen molar-refractivity contribution in [1.29, 1.82) is 0 Å². The molecule has 7 nitrogen and oxygen atoms in total. The first-order valence-electron chi connectivity index (χ1n) is 6.47. The molecule has 116 valence electrons. The normalized spacial score (nSPS) is 18.3. The standard InChI is InChI=1S/C13H18N2O5S/c1-19-11-6-5-9(8-10(11)15-21(2,17)18)14-13(16)12-4-3-7-20-12/h5-6,8,12,15H,3-4,7H2,1-2H3,(H,14,16)/t12-/m1/s1. The summed E-state index contributed by atoms with van der Waals surface area (Å²) in [6.45, 7) is 0.585. The van der Waals surface area contributed by atoms with E-state index in [2.05, 4.69) is 10.0 Å². The lowest BCUT2D eigenvalue weighted by Gasteiger charge is -2.14. The molecule has 8 heteroatoms. The molecule has 0 unspecified atom stereocenters. The third kappa shape index (κ3) is 4.33. The van der Waals surface area contributed by atoms with E-state index in [0.29, 0.717) is 24.5 Å². The lowest BCUT2D eigenvalue weighted by molar-refractivity contribution is -0.124. The fourth-order valence-electron chi connectivity index (χ4n) is 2.07. The monoisotopic (exact) mass is 314 g/mol. The molecule has 1 aliphatic rings. The van der Waals surface area contributed by atoms with Crippen LogP contribution >= 0.6 is 0 Å². The molecule has 1 saturated heterocycles. The summed E-state index contributed by atoms with van der Waals surface area (Å²) in [6, 6.07) is 4.73. The Kier molecular flexibility index (Phi) is 4.69. The van der Waals surface area contributed by atoms with E-state index in [-0.39, 0.29) is 11.6 Å². The number of methoxy groups -OCH3 is 1. The van der Waals surface area contributed by atoms with E-state index in [0.717, 1.165) is 12.7 Å². The number of benzene rings is 1. The highest BCUT2D eigenvalue weighted by atomic mass is 32.2. The van der Waals surface area contributed by atoms with Crippen LogP contribution < -0.4 is 14.8 Å². The van der Waals surface area contributed by atoms with E-state index in [1.54, 1.807) is 12.1 Å². The molecule has 0 aromatic heterocycles. The molecule has 0 radical (unpaired) electrons. The molecule has 1 aromatic carbocycles. The largest absolute Gasteiger partial charge is 0.495 e. The number of sulfonamides is 1. The van der Waals surface area contributed by atoms with Crippen molar-refractivity contribution in [2.24, 2.45) is 0 Å². The van der Waals surface area contributed by atoms with Gasteiger partial charge in [-0.1, -0.05) is 0 Å². The van der Waals surface area contributed by atoms with Crippen LogP contribution in [0.3, 0.4) is 0 Å². The zero-order chi connectivity index (χ0) is 15.5. The number of hydrogen-bond acceptors (Lipinski definition) is 5. The van der Waals surface area contributed by atoms with Gasteiger partial charge in [0.1, 0.15) is 11.9 Å². The Morgan fingerprint density at radius 2 is 2.19 bits per heavy atom. The predicted octanol–water partition coefficient (Wildman–Crippen LogP) is 1.18. The molecule has 1 atom stereocenters. The molecule has 2 rings (SSSR count). The Labute approximate surface area is 123 Å². The maximum Gasteiger partial charge on any atom is 0.253 e. The Morgan fingerprint density at radius 3 is 2.76 bits per heavy atom. The molecular weight excluding hydrogens is 296 g/mol. The summed E-state index contributed by atoms with van der Waals surface area (Å²) in [4.78, 5) is 12.0. The molecule has 0 spiro atoms. The summed E-state index contributed by atoms with van der Waals surface area (Å²) in [5.41, 5.74) is 0.743. The van der Waals surface area contributed by atoms with Crippen LogP contribution in [-0.4, -0.2) is 40.4 Å². The van der Waals surface area contributed by atoms with E-state index in [9.17, 15) is 13.2 Å². The van der Waals surface area contributed by atoms with Gasteiger partial charge in [0.25, 0.3) is 5.91 Å². The maximum absolute atomic E-state index is 12.0. The summed E-state index contributed by atoms with van der Waals surface area (Å²) in [5.74, 6) is 0.138. The summed E-state index contributed by atoms with van der Waals surface area (Å²) in [5, 5.41) is 2.71. The van der Waals surface area contributed by atoms with Gasteiger partial charge in [0.05, 0.1) is 19.1 Å². The van der Waals surface area contributed by atoms with Crippen molar-refractivity contribution in [2.45, 2.75) is 18.9 Å². The number of carbonyl (C=O) groups excluding carboxylic acids is 1.